The molecule has 0 N–H and O–H groups in total. The summed E-state index contributed by atoms with van der Waals surface area (Å²) in [7, 11) is 0. The summed E-state index contributed by atoms with van der Waals surface area (Å²) in [5.74, 6) is -0.541. The van der Waals surface area contributed by atoms with Gasteiger partial charge in [-0.25, -0.2) is 9.18 Å². The molecular weight excluding hydrogens is 349 g/mol. The summed E-state index contributed by atoms with van der Waals surface area (Å²) < 4.78 is 24.3. The zero-order valence-corrected chi connectivity index (χ0v) is 16.7. The molecule has 1 heterocycles. The molecule has 1 amide bonds. The average Bonchev–Trinajstić information content (AvgIpc) is 2.59. The molecule has 0 aromatic heterocycles. The summed E-state index contributed by atoms with van der Waals surface area (Å²) in [6.45, 7) is 8.65. The minimum absolute atomic E-state index is 0.247. The molecule has 5 nitrogen and oxygen atoms in total. The summed E-state index contributed by atoms with van der Waals surface area (Å²) in [5, 5.41) is 0. The van der Waals surface area contributed by atoms with E-state index in [0.717, 1.165) is 5.56 Å². The molecule has 0 saturated carbocycles. The second kappa shape index (κ2) is 8.72. The van der Waals surface area contributed by atoms with E-state index in [9.17, 15) is 14.0 Å². The van der Waals surface area contributed by atoms with E-state index in [2.05, 4.69) is 0 Å². The number of ether oxygens (including phenoxy) is 2. The maximum atomic E-state index is 13.8. The van der Waals surface area contributed by atoms with E-state index in [1.165, 1.54) is 12.1 Å². The lowest BCUT2D eigenvalue weighted by Gasteiger charge is -2.42. The van der Waals surface area contributed by atoms with Crippen LogP contribution in [-0.2, 0) is 19.7 Å². The van der Waals surface area contributed by atoms with E-state index in [1.807, 2.05) is 26.8 Å². The second-order valence-corrected chi connectivity index (χ2v) is 8.06. The molecule has 0 spiro atoms. The normalized spacial score (nSPS) is 16.7. The Morgan fingerprint density at radius 2 is 1.89 bits per heavy atom. The van der Waals surface area contributed by atoms with Gasteiger partial charge in [0.2, 0.25) is 0 Å². The number of hydrogen-bond acceptors (Lipinski definition) is 4. The molecule has 1 fully saturated rings. The van der Waals surface area contributed by atoms with Crippen molar-refractivity contribution in [3.63, 3.8) is 0 Å². The number of nitrogens with zero attached hydrogens (tertiary/aromatic N) is 1. The monoisotopic (exact) mass is 379 g/mol. The first-order valence-corrected chi connectivity index (χ1v) is 9.55. The summed E-state index contributed by atoms with van der Waals surface area (Å²) in [6, 6.07) is 6.54. The fraction of sp³-hybridized carbons (Fsp3) is 0.619. The molecule has 1 aliphatic rings. The van der Waals surface area contributed by atoms with Crippen molar-refractivity contribution in [3.8, 4) is 0 Å². The Kier molecular flexibility index (Phi) is 6.84. The van der Waals surface area contributed by atoms with Gasteiger partial charge in [-0.15, -0.1) is 0 Å². The maximum absolute atomic E-state index is 13.8. The number of rotatable bonds is 5. The lowest BCUT2D eigenvalue weighted by atomic mass is 9.70. The van der Waals surface area contributed by atoms with Crippen molar-refractivity contribution in [2.45, 2.75) is 64.4 Å². The van der Waals surface area contributed by atoms with E-state index in [1.54, 1.807) is 17.9 Å². The average molecular weight is 379 g/mol. The number of benzene rings is 1. The Bertz CT molecular complexity index is 660. The van der Waals surface area contributed by atoms with Gasteiger partial charge in [0, 0.05) is 19.5 Å². The van der Waals surface area contributed by atoms with Crippen molar-refractivity contribution in [1.82, 2.24) is 4.90 Å². The molecule has 1 saturated heterocycles. The highest BCUT2D eigenvalue weighted by Gasteiger charge is 2.39. The zero-order chi connectivity index (χ0) is 20.1. The number of esters is 1. The van der Waals surface area contributed by atoms with Gasteiger partial charge in [-0.05, 0) is 70.1 Å². The fourth-order valence-corrected chi connectivity index (χ4v) is 3.52. The minimum Gasteiger partial charge on any atom is -0.466 e. The molecule has 1 aromatic rings. The van der Waals surface area contributed by atoms with Crippen LogP contribution in [0.5, 0.6) is 0 Å². The number of carbonyl (C=O) groups excluding carboxylic acids is 2. The largest absolute Gasteiger partial charge is 0.466 e. The molecule has 2 rings (SSSR count). The van der Waals surface area contributed by atoms with Crippen LogP contribution in [0.4, 0.5) is 9.18 Å². The molecular formula is C21H30FNO4. The number of carbonyl (C=O) groups is 2. The summed E-state index contributed by atoms with van der Waals surface area (Å²) in [4.78, 5) is 25.9. The summed E-state index contributed by atoms with van der Waals surface area (Å²) in [5.41, 5.74) is -0.0264. The molecule has 0 aliphatic carbocycles. The highest BCUT2D eigenvalue weighted by atomic mass is 19.1. The summed E-state index contributed by atoms with van der Waals surface area (Å²) >= 11 is 0. The van der Waals surface area contributed by atoms with Gasteiger partial charge in [-0.1, -0.05) is 12.1 Å². The fourth-order valence-electron chi connectivity index (χ4n) is 3.52. The van der Waals surface area contributed by atoms with Crippen LogP contribution < -0.4 is 0 Å². The third-order valence-corrected chi connectivity index (χ3v) is 4.92. The number of likely N-dealkylation sites (tertiary alicyclic amines) is 1. The molecule has 150 valence electrons. The van der Waals surface area contributed by atoms with E-state index >= 15 is 0 Å². The van der Waals surface area contributed by atoms with E-state index in [4.69, 9.17) is 9.47 Å². The molecule has 0 radical (unpaired) electrons. The topological polar surface area (TPSA) is 55.8 Å². The van der Waals surface area contributed by atoms with Crippen LogP contribution in [0.15, 0.2) is 24.3 Å². The van der Waals surface area contributed by atoms with Gasteiger partial charge in [-0.2, -0.15) is 0 Å². The number of amides is 1. The maximum Gasteiger partial charge on any atom is 0.410 e. The number of piperidine rings is 1. The van der Waals surface area contributed by atoms with Gasteiger partial charge in [0.1, 0.15) is 11.4 Å². The van der Waals surface area contributed by atoms with Crippen molar-refractivity contribution < 1.29 is 23.5 Å². The highest BCUT2D eigenvalue weighted by molar-refractivity contribution is 5.70. The van der Waals surface area contributed by atoms with Crippen LogP contribution in [0, 0.1) is 5.82 Å². The molecule has 1 aromatic carbocycles. The SMILES string of the molecule is CCOC(=O)CCC1(c2cccc(F)c2)CCN(C(=O)OC(C)(C)C)CC1. The third-order valence-electron chi connectivity index (χ3n) is 4.92. The van der Waals surface area contributed by atoms with Gasteiger partial charge < -0.3 is 14.4 Å². The molecule has 0 bridgehead atoms. The first-order chi connectivity index (χ1) is 12.6. The van der Waals surface area contributed by atoms with Crippen molar-refractivity contribution in [3.05, 3.63) is 35.6 Å². The first kappa shape index (κ1) is 21.2. The lowest BCUT2D eigenvalue weighted by molar-refractivity contribution is -0.143. The van der Waals surface area contributed by atoms with Crippen molar-refractivity contribution in [2.24, 2.45) is 0 Å². The lowest BCUT2D eigenvalue weighted by Crippen LogP contribution is -2.47. The van der Waals surface area contributed by atoms with Crippen LogP contribution in [0.3, 0.4) is 0 Å². The van der Waals surface area contributed by atoms with E-state index < -0.39 is 5.60 Å². The van der Waals surface area contributed by atoms with Gasteiger partial charge in [-0.3, -0.25) is 4.79 Å². The standard InChI is InChI=1S/C21H30FNO4/c1-5-26-18(24)9-10-21(16-7-6-8-17(22)15-16)11-13-23(14-12-21)19(25)27-20(2,3)4/h6-8,15H,5,9-14H2,1-4H3. The van der Waals surface area contributed by atoms with Crippen molar-refractivity contribution in [2.75, 3.05) is 19.7 Å². The molecule has 0 atom stereocenters. The highest BCUT2D eigenvalue weighted by Crippen LogP contribution is 2.40. The molecule has 1 aliphatic heterocycles. The number of hydrogen-bond donors (Lipinski definition) is 0. The molecule has 0 unspecified atom stereocenters. The van der Waals surface area contributed by atoms with Crippen LogP contribution in [0.25, 0.3) is 0 Å². The second-order valence-electron chi connectivity index (χ2n) is 8.06. The van der Waals surface area contributed by atoms with Gasteiger partial charge in [0.05, 0.1) is 6.61 Å². The van der Waals surface area contributed by atoms with Gasteiger partial charge >= 0.3 is 12.1 Å². The molecule has 6 heteroatoms. The predicted octanol–water partition coefficient (Wildman–Crippen LogP) is 4.44. The Labute approximate surface area is 160 Å². The van der Waals surface area contributed by atoms with Crippen LogP contribution >= 0.6 is 0 Å². The van der Waals surface area contributed by atoms with Crippen LogP contribution in [0.1, 0.15) is 58.9 Å². The van der Waals surface area contributed by atoms with Crippen LogP contribution in [0.2, 0.25) is 0 Å². The first-order valence-electron chi connectivity index (χ1n) is 9.55. The Morgan fingerprint density at radius 1 is 1.22 bits per heavy atom. The molecule has 27 heavy (non-hydrogen) atoms. The van der Waals surface area contributed by atoms with E-state index in [-0.39, 0.29) is 29.7 Å². The van der Waals surface area contributed by atoms with Gasteiger partial charge in [0.25, 0.3) is 0 Å². The Morgan fingerprint density at radius 3 is 2.44 bits per heavy atom. The smallest absolute Gasteiger partial charge is 0.410 e. The van der Waals surface area contributed by atoms with Crippen molar-refractivity contribution >= 4 is 12.1 Å². The van der Waals surface area contributed by atoms with Crippen LogP contribution in [-0.4, -0.2) is 42.3 Å². The Hall–Kier alpha value is -2.11. The van der Waals surface area contributed by atoms with Crippen molar-refractivity contribution in [1.29, 1.82) is 0 Å². The van der Waals surface area contributed by atoms with Gasteiger partial charge in [0.15, 0.2) is 0 Å². The predicted molar refractivity (Wildman–Crippen MR) is 101 cm³/mol. The zero-order valence-electron chi connectivity index (χ0n) is 16.7. The quantitative estimate of drug-likeness (QED) is 0.710. The Balaban J connectivity index is 2.13. The number of halogens is 1. The minimum atomic E-state index is -0.544. The summed E-state index contributed by atoms with van der Waals surface area (Å²) in [6.07, 6.45) is 1.80. The van der Waals surface area contributed by atoms with E-state index in [0.29, 0.717) is 39.0 Å². The third kappa shape index (κ3) is 5.94.